The molecule has 0 saturated carbocycles. The summed E-state index contributed by atoms with van der Waals surface area (Å²) in [6.45, 7) is 2.05. The van der Waals surface area contributed by atoms with Gasteiger partial charge in [-0.05, 0) is 49.4 Å². The van der Waals surface area contributed by atoms with Gasteiger partial charge in [-0.3, -0.25) is 4.79 Å². The van der Waals surface area contributed by atoms with Gasteiger partial charge in [-0.1, -0.05) is 48.0 Å². The summed E-state index contributed by atoms with van der Waals surface area (Å²) in [7, 11) is 1.61. The summed E-state index contributed by atoms with van der Waals surface area (Å²) >= 11 is 0. The number of aromatic nitrogens is 2. The van der Waals surface area contributed by atoms with Gasteiger partial charge in [-0.2, -0.15) is 5.10 Å². The molecule has 5 heteroatoms. The summed E-state index contributed by atoms with van der Waals surface area (Å²) in [4.78, 5) is 12.5. The van der Waals surface area contributed by atoms with Crippen molar-refractivity contribution < 1.29 is 9.53 Å². The van der Waals surface area contributed by atoms with Crippen LogP contribution in [0.2, 0.25) is 0 Å². The number of hydrogen-bond acceptors (Lipinski definition) is 3. The van der Waals surface area contributed by atoms with Gasteiger partial charge in [-0.15, -0.1) is 0 Å². The molecule has 1 aromatic heterocycles. The van der Waals surface area contributed by atoms with Gasteiger partial charge in [0.2, 0.25) is 5.91 Å². The molecule has 0 fully saturated rings. The van der Waals surface area contributed by atoms with Crippen molar-refractivity contribution in [2.75, 3.05) is 12.4 Å². The lowest BCUT2D eigenvalue weighted by molar-refractivity contribution is -0.111. The van der Waals surface area contributed by atoms with E-state index in [-0.39, 0.29) is 5.91 Å². The predicted molar refractivity (Wildman–Crippen MR) is 124 cm³/mol. The van der Waals surface area contributed by atoms with Gasteiger partial charge in [0.1, 0.15) is 5.75 Å². The van der Waals surface area contributed by atoms with Crippen LogP contribution in [-0.2, 0) is 4.79 Å². The topological polar surface area (TPSA) is 56.1 Å². The van der Waals surface area contributed by atoms with Crippen LogP contribution in [0.15, 0.2) is 91.1 Å². The van der Waals surface area contributed by atoms with Crippen LogP contribution in [0.25, 0.3) is 23.0 Å². The molecule has 0 aliphatic carbocycles. The maximum absolute atomic E-state index is 12.5. The molecule has 4 aromatic rings. The average Bonchev–Trinajstić information content (AvgIpc) is 3.24. The number of carbonyl (C=O) groups excluding carboxylic acids is 1. The fourth-order valence-electron chi connectivity index (χ4n) is 3.18. The van der Waals surface area contributed by atoms with Crippen LogP contribution in [0.3, 0.4) is 0 Å². The van der Waals surface area contributed by atoms with Crippen LogP contribution in [0.4, 0.5) is 5.69 Å². The number of benzene rings is 3. The van der Waals surface area contributed by atoms with Crippen molar-refractivity contribution in [3.05, 3.63) is 102 Å². The monoisotopic (exact) mass is 409 g/mol. The average molecular weight is 409 g/mol. The number of para-hydroxylation sites is 1. The van der Waals surface area contributed by atoms with E-state index in [4.69, 9.17) is 9.84 Å². The van der Waals surface area contributed by atoms with Gasteiger partial charge in [0.15, 0.2) is 0 Å². The van der Waals surface area contributed by atoms with Crippen molar-refractivity contribution in [2.24, 2.45) is 0 Å². The van der Waals surface area contributed by atoms with Gasteiger partial charge in [0, 0.05) is 29.1 Å². The molecule has 0 aliphatic heterocycles. The highest BCUT2D eigenvalue weighted by atomic mass is 16.5. The number of nitrogens with zero attached hydrogens (tertiary/aromatic N) is 2. The number of ether oxygens (including phenoxy) is 1. The van der Waals surface area contributed by atoms with Gasteiger partial charge in [0.25, 0.3) is 0 Å². The number of amides is 1. The molecule has 1 heterocycles. The van der Waals surface area contributed by atoms with E-state index in [1.807, 2.05) is 53.3 Å². The van der Waals surface area contributed by atoms with Crippen LogP contribution in [-0.4, -0.2) is 22.8 Å². The van der Waals surface area contributed by atoms with E-state index in [2.05, 4.69) is 24.4 Å². The van der Waals surface area contributed by atoms with Crippen molar-refractivity contribution in [3.63, 3.8) is 0 Å². The molecule has 0 spiro atoms. The maximum atomic E-state index is 12.5. The zero-order valence-corrected chi connectivity index (χ0v) is 17.4. The smallest absolute Gasteiger partial charge is 0.248 e. The molecule has 4 rings (SSSR count). The Morgan fingerprint density at radius 1 is 0.968 bits per heavy atom. The van der Waals surface area contributed by atoms with Gasteiger partial charge in [-0.25, -0.2) is 4.68 Å². The summed E-state index contributed by atoms with van der Waals surface area (Å²) in [5.74, 6) is 0.525. The molecule has 1 N–H and O–H groups in total. The number of hydrogen-bond donors (Lipinski definition) is 1. The summed E-state index contributed by atoms with van der Waals surface area (Å²) in [6.07, 6.45) is 5.25. The fraction of sp³-hybridized carbons (Fsp3) is 0.0769. The quantitative estimate of drug-likeness (QED) is 0.427. The van der Waals surface area contributed by atoms with Crippen molar-refractivity contribution in [3.8, 4) is 22.7 Å². The molecule has 0 atom stereocenters. The lowest BCUT2D eigenvalue weighted by Crippen LogP contribution is -2.07. The fourth-order valence-corrected chi connectivity index (χ4v) is 3.18. The number of nitrogens with one attached hydrogen (secondary N) is 1. The third kappa shape index (κ3) is 4.90. The second kappa shape index (κ2) is 9.13. The van der Waals surface area contributed by atoms with E-state index >= 15 is 0 Å². The minimum atomic E-state index is -0.215. The minimum Gasteiger partial charge on any atom is -0.497 e. The van der Waals surface area contributed by atoms with Crippen LogP contribution in [0.5, 0.6) is 5.75 Å². The van der Waals surface area contributed by atoms with E-state index in [0.717, 1.165) is 28.3 Å². The van der Waals surface area contributed by atoms with Crippen LogP contribution < -0.4 is 10.1 Å². The molecule has 0 bridgehead atoms. The zero-order chi connectivity index (χ0) is 21.6. The Labute approximate surface area is 181 Å². The Balaban J connectivity index is 1.61. The third-order valence-corrected chi connectivity index (χ3v) is 4.86. The van der Waals surface area contributed by atoms with Gasteiger partial charge < -0.3 is 10.1 Å². The molecular weight excluding hydrogens is 386 g/mol. The van der Waals surface area contributed by atoms with Crippen LogP contribution in [0, 0.1) is 6.92 Å². The number of carbonyl (C=O) groups is 1. The number of rotatable bonds is 6. The first kappa shape index (κ1) is 20.2. The molecule has 5 nitrogen and oxygen atoms in total. The highest BCUT2D eigenvalue weighted by Gasteiger charge is 2.11. The Hall–Kier alpha value is -4.12. The molecule has 154 valence electrons. The highest BCUT2D eigenvalue weighted by molar-refractivity contribution is 6.02. The van der Waals surface area contributed by atoms with Gasteiger partial charge >= 0.3 is 0 Å². The van der Waals surface area contributed by atoms with E-state index in [0.29, 0.717) is 5.69 Å². The predicted octanol–water partition coefficient (Wildman–Crippen LogP) is 5.51. The first-order chi connectivity index (χ1) is 15.1. The first-order valence-corrected chi connectivity index (χ1v) is 9.97. The highest BCUT2D eigenvalue weighted by Crippen LogP contribution is 2.25. The van der Waals surface area contributed by atoms with Crippen LogP contribution >= 0.6 is 0 Å². The second-order valence-electron chi connectivity index (χ2n) is 7.13. The van der Waals surface area contributed by atoms with E-state index in [9.17, 15) is 4.79 Å². The van der Waals surface area contributed by atoms with E-state index < -0.39 is 0 Å². The second-order valence-corrected chi connectivity index (χ2v) is 7.13. The lowest BCUT2D eigenvalue weighted by Gasteiger charge is -2.04. The standard InChI is InChI=1S/C26H23N3O2/c1-19-8-10-20(11-9-19)26-21(18-29(28-26)23-6-4-3-5-7-23)12-17-25(30)27-22-13-15-24(31-2)16-14-22/h3-18H,1-2H3,(H,27,30)/b17-12+. The first-order valence-electron chi connectivity index (χ1n) is 9.97. The molecule has 0 radical (unpaired) electrons. The van der Waals surface area contributed by atoms with Crippen molar-refractivity contribution in [2.45, 2.75) is 6.92 Å². The Morgan fingerprint density at radius 2 is 1.68 bits per heavy atom. The Kier molecular flexibility index (Phi) is 5.94. The lowest BCUT2D eigenvalue weighted by atomic mass is 10.1. The van der Waals surface area contributed by atoms with Crippen molar-refractivity contribution >= 4 is 17.7 Å². The molecular formula is C26H23N3O2. The third-order valence-electron chi connectivity index (χ3n) is 4.86. The molecule has 3 aromatic carbocycles. The molecule has 31 heavy (non-hydrogen) atoms. The summed E-state index contributed by atoms with van der Waals surface area (Å²) < 4.78 is 6.97. The molecule has 1 amide bonds. The molecule has 0 aliphatic rings. The SMILES string of the molecule is COc1ccc(NC(=O)/C=C/c2cn(-c3ccccc3)nc2-c2ccc(C)cc2)cc1. The van der Waals surface area contributed by atoms with Crippen molar-refractivity contribution in [1.29, 1.82) is 0 Å². The number of aryl methyl sites for hydroxylation is 1. The van der Waals surface area contributed by atoms with Crippen LogP contribution in [0.1, 0.15) is 11.1 Å². The normalized spacial score (nSPS) is 10.9. The summed E-state index contributed by atoms with van der Waals surface area (Å²) in [5, 5.41) is 7.64. The Bertz CT molecular complexity index is 1190. The largest absolute Gasteiger partial charge is 0.497 e. The number of methoxy groups -OCH3 is 1. The zero-order valence-electron chi connectivity index (χ0n) is 17.4. The minimum absolute atomic E-state index is 0.215. The molecule has 0 unspecified atom stereocenters. The summed E-state index contributed by atoms with van der Waals surface area (Å²) in [5.41, 5.74) is 5.51. The number of anilines is 1. The van der Waals surface area contributed by atoms with E-state index in [1.165, 1.54) is 11.6 Å². The van der Waals surface area contributed by atoms with Crippen molar-refractivity contribution in [1.82, 2.24) is 9.78 Å². The molecule has 0 saturated heterocycles. The maximum Gasteiger partial charge on any atom is 0.248 e. The summed E-state index contributed by atoms with van der Waals surface area (Å²) in [6, 6.07) is 25.3. The van der Waals surface area contributed by atoms with Gasteiger partial charge in [0.05, 0.1) is 18.5 Å². The Morgan fingerprint density at radius 3 is 2.35 bits per heavy atom. The van der Waals surface area contributed by atoms with E-state index in [1.54, 1.807) is 37.5 Å².